The van der Waals surface area contributed by atoms with E-state index < -0.39 is 33.1 Å². The van der Waals surface area contributed by atoms with Crippen molar-refractivity contribution in [3.05, 3.63) is 11.1 Å². The van der Waals surface area contributed by atoms with Gasteiger partial charge in [-0.3, -0.25) is 4.79 Å². The van der Waals surface area contributed by atoms with Crippen molar-refractivity contribution < 1.29 is 23.5 Å². The molecule has 0 amide bonds. The summed E-state index contributed by atoms with van der Waals surface area (Å²) in [5, 5.41) is 13.3. The first-order chi connectivity index (χ1) is 19.5. The van der Waals surface area contributed by atoms with Crippen molar-refractivity contribution in [2.45, 2.75) is 163 Å². The van der Waals surface area contributed by atoms with Gasteiger partial charge in [-0.1, -0.05) is 81.7 Å². The number of carbonyl (C=O) groups is 1. The van der Waals surface area contributed by atoms with Gasteiger partial charge < -0.3 is 18.7 Å². The van der Waals surface area contributed by atoms with Crippen molar-refractivity contribution in [2.75, 3.05) is 6.61 Å². The molecule has 9 atom stereocenters. The Kier molecular flexibility index (Phi) is 9.45. The number of hydrogen-bond donors (Lipinski definition) is 1. The normalized spacial score (nSPS) is 41.9. The van der Waals surface area contributed by atoms with Gasteiger partial charge in [-0.25, -0.2) is 0 Å². The smallest absolute Gasteiger partial charge is 0.192 e. The van der Waals surface area contributed by atoms with E-state index in [4.69, 9.17) is 13.6 Å². The molecule has 2 bridgehead atoms. The van der Waals surface area contributed by atoms with Crippen LogP contribution in [0, 0.1) is 34.0 Å². The van der Waals surface area contributed by atoms with Crippen LogP contribution in [0.1, 0.15) is 103 Å². The fourth-order valence-corrected chi connectivity index (χ4v) is 16.6. The fraction of sp³-hybridized carbons (Fsp3) is 0.914. The van der Waals surface area contributed by atoms with E-state index in [9.17, 15) is 5.11 Å². The molecule has 1 heterocycles. The molecule has 0 aromatic rings. The number of rotatable bonds is 10. The molecule has 0 aromatic heterocycles. The van der Waals surface area contributed by atoms with Crippen LogP contribution in [0.3, 0.4) is 0 Å². The first-order valence-corrected chi connectivity index (χ1v) is 22.5. The van der Waals surface area contributed by atoms with Crippen LogP contribution < -0.4 is 0 Å². The van der Waals surface area contributed by atoms with Gasteiger partial charge in [0.2, 0.25) is 0 Å². The summed E-state index contributed by atoms with van der Waals surface area (Å²) in [7, 11) is -3.98. The van der Waals surface area contributed by atoms with Crippen LogP contribution in [0.2, 0.25) is 36.3 Å². The third kappa shape index (κ3) is 4.59. The second kappa shape index (κ2) is 11.5. The van der Waals surface area contributed by atoms with Gasteiger partial charge in [0.15, 0.2) is 16.6 Å². The molecule has 3 fully saturated rings. The third-order valence-electron chi connectivity index (χ3n) is 14.2. The van der Waals surface area contributed by atoms with Crippen molar-refractivity contribution in [1.29, 1.82) is 0 Å². The summed E-state index contributed by atoms with van der Waals surface area (Å²) in [5.74, 6) is -0.192. The lowest BCUT2D eigenvalue weighted by Gasteiger charge is -2.69. The molecule has 42 heavy (non-hydrogen) atoms. The van der Waals surface area contributed by atoms with Crippen molar-refractivity contribution in [2.24, 2.45) is 34.0 Å². The molecule has 2 saturated carbocycles. The number of aliphatic hydroxyl groups is 1. The van der Waals surface area contributed by atoms with Crippen LogP contribution in [0.25, 0.3) is 0 Å². The summed E-state index contributed by atoms with van der Waals surface area (Å²) in [6.07, 6.45) is 1.07. The molecule has 1 saturated heterocycles. The van der Waals surface area contributed by atoms with E-state index in [1.165, 1.54) is 5.57 Å². The lowest BCUT2D eigenvalue weighted by atomic mass is 9.40. The highest BCUT2D eigenvalue weighted by atomic mass is 28.4. The molecule has 1 N–H and O–H groups in total. The minimum Gasteiger partial charge on any atom is -0.413 e. The summed E-state index contributed by atoms with van der Waals surface area (Å²) in [5.41, 5.74) is -0.156. The summed E-state index contributed by atoms with van der Waals surface area (Å²) in [4.78, 5) is 15.3. The highest BCUT2D eigenvalue weighted by Gasteiger charge is 2.73. The van der Waals surface area contributed by atoms with E-state index in [1.54, 1.807) is 0 Å². The Bertz CT molecular complexity index is 1050. The van der Waals surface area contributed by atoms with Gasteiger partial charge in [-0.15, -0.1) is 0 Å². The maximum atomic E-state index is 15.3. The lowest BCUT2D eigenvalue weighted by molar-refractivity contribution is -0.299. The Morgan fingerprint density at radius 3 is 1.83 bits per heavy atom. The van der Waals surface area contributed by atoms with Crippen LogP contribution in [0.5, 0.6) is 0 Å². The summed E-state index contributed by atoms with van der Waals surface area (Å²) in [6, 6.07) is 6.37. The minimum atomic E-state index is -2.02. The van der Waals surface area contributed by atoms with E-state index in [-0.39, 0.29) is 41.5 Å². The lowest BCUT2D eigenvalue weighted by Crippen LogP contribution is -2.75. The predicted molar refractivity (Wildman–Crippen MR) is 178 cm³/mol. The molecular weight excluding hydrogens is 557 g/mol. The van der Waals surface area contributed by atoms with Crippen LogP contribution in [-0.2, 0) is 18.4 Å². The Hall–Kier alpha value is -0.316. The molecule has 5 nitrogen and oxygen atoms in total. The second-order valence-corrected chi connectivity index (χ2v) is 25.2. The Labute approximate surface area is 260 Å². The van der Waals surface area contributed by atoms with Gasteiger partial charge in [-0.2, -0.15) is 0 Å². The summed E-state index contributed by atoms with van der Waals surface area (Å²) in [6.45, 7) is 29.8. The minimum absolute atomic E-state index is 0.0508. The Morgan fingerprint density at radius 2 is 1.38 bits per heavy atom. The van der Waals surface area contributed by atoms with Gasteiger partial charge in [0.05, 0.1) is 35.9 Å². The molecule has 0 aromatic carbocycles. The largest absolute Gasteiger partial charge is 0.413 e. The zero-order chi connectivity index (χ0) is 31.7. The van der Waals surface area contributed by atoms with Gasteiger partial charge in [0.25, 0.3) is 0 Å². The molecule has 0 spiro atoms. The molecule has 4 aliphatic rings. The summed E-state index contributed by atoms with van der Waals surface area (Å²) >= 11 is 0. The molecule has 3 aliphatic carbocycles. The number of ketones is 1. The van der Waals surface area contributed by atoms with Crippen LogP contribution in [0.15, 0.2) is 11.1 Å². The van der Waals surface area contributed by atoms with Gasteiger partial charge in [0.1, 0.15) is 5.78 Å². The first-order valence-electron chi connectivity index (χ1n) is 17.4. The third-order valence-corrected chi connectivity index (χ3v) is 23.5. The number of Topliss-reactive ketones (excluding diaryl/α,β-unsaturated/α-hetero) is 1. The van der Waals surface area contributed by atoms with Crippen molar-refractivity contribution >= 4 is 22.4 Å². The van der Waals surface area contributed by atoms with E-state index in [0.29, 0.717) is 18.8 Å². The average molecular weight is 621 g/mol. The monoisotopic (exact) mass is 620 g/mol. The van der Waals surface area contributed by atoms with Crippen molar-refractivity contribution in [3.8, 4) is 0 Å². The highest BCUT2D eigenvalue weighted by Crippen LogP contribution is 2.68. The maximum Gasteiger partial charge on any atom is 0.192 e. The molecule has 4 rings (SSSR count). The van der Waals surface area contributed by atoms with Gasteiger partial charge in [0, 0.05) is 29.6 Å². The maximum absolute atomic E-state index is 15.3. The van der Waals surface area contributed by atoms with E-state index in [2.05, 4.69) is 90.0 Å². The number of hydrogen-bond acceptors (Lipinski definition) is 5. The standard InChI is InChI=1S/C35H64O5Si2/c1-14-41(15-2,16-3)39-26-21-35(37)25(9)30-33(12)22-38-27(33)20-28(40-42(17-4,18-5)19-6)34(30,13)31(36)24(8)29(23(26)7)32(35,10)11/h24-28,30,37H,14-22H2,1-13H3/t24-,25?,26+,27-,28+,30?,33-,34-,35-/m1/s1. The van der Waals surface area contributed by atoms with E-state index in [0.717, 1.165) is 48.3 Å². The molecule has 7 heteroatoms. The van der Waals surface area contributed by atoms with Crippen LogP contribution in [0.4, 0.5) is 0 Å². The Balaban J connectivity index is 1.95. The van der Waals surface area contributed by atoms with Gasteiger partial charge >= 0.3 is 0 Å². The topological polar surface area (TPSA) is 65.0 Å². The average Bonchev–Trinajstić information content (AvgIpc) is 2.96. The predicted octanol–water partition coefficient (Wildman–Crippen LogP) is 8.53. The zero-order valence-electron chi connectivity index (χ0n) is 29.4. The highest BCUT2D eigenvalue weighted by molar-refractivity contribution is 6.74. The zero-order valence-corrected chi connectivity index (χ0v) is 31.4. The molecule has 0 radical (unpaired) electrons. The molecule has 2 unspecified atom stereocenters. The second-order valence-electron chi connectivity index (χ2n) is 15.7. The van der Waals surface area contributed by atoms with E-state index >= 15 is 4.79 Å². The fourth-order valence-electron chi connectivity index (χ4n) is 10.8. The molecular formula is C35H64O5Si2. The Morgan fingerprint density at radius 1 is 0.881 bits per heavy atom. The quantitative estimate of drug-likeness (QED) is 0.196. The van der Waals surface area contributed by atoms with Crippen molar-refractivity contribution in [1.82, 2.24) is 0 Å². The number of ether oxygens (including phenoxy) is 1. The molecule has 1 aliphatic heterocycles. The SMILES string of the molecule is CC[Si](CC)(CC)O[C@H]1C[C@@]2(O)C(C)C3[C@]4(C)CO[C@@H]4C[C@H](O[Si](CC)(CC)CC)[C@@]3(C)C(=O)[C@H](C)C(=C1C)C2(C)C. The number of carbonyl (C=O) groups excluding carboxylic acids is 1. The molecule has 242 valence electrons. The van der Waals surface area contributed by atoms with Crippen LogP contribution >= 0.6 is 0 Å². The summed E-state index contributed by atoms with van der Waals surface area (Å²) < 4.78 is 20.9. The van der Waals surface area contributed by atoms with Gasteiger partial charge in [-0.05, 0) is 67.5 Å². The first kappa shape index (κ1) is 34.6. The van der Waals surface area contributed by atoms with Crippen molar-refractivity contribution in [3.63, 3.8) is 0 Å². The van der Waals surface area contributed by atoms with Crippen LogP contribution in [-0.4, -0.2) is 58.0 Å². The van der Waals surface area contributed by atoms with E-state index in [1.807, 2.05) is 0 Å². The number of fused-ring (bicyclic) bond motifs is 5.